The van der Waals surface area contributed by atoms with Gasteiger partial charge in [0.25, 0.3) is 5.91 Å². The standard InChI is InChI=1S/C23H22N2O3/c1-15-8-11-20(28-3)18(12-15)14-25-21(26)23(2,24-22(25)27)19-10-9-16-6-4-5-7-17(16)13-19/h4-13H,14H2,1-3H3,(H,24,27)/t23-/m0/s1. The fourth-order valence-corrected chi connectivity index (χ4v) is 3.74. The van der Waals surface area contributed by atoms with Gasteiger partial charge in [-0.15, -0.1) is 0 Å². The molecule has 1 aliphatic heterocycles. The van der Waals surface area contributed by atoms with Crippen molar-refractivity contribution in [1.82, 2.24) is 10.2 Å². The molecule has 3 amide bonds. The maximum absolute atomic E-state index is 13.3. The first kappa shape index (κ1) is 18.0. The molecule has 1 saturated heterocycles. The minimum atomic E-state index is -1.10. The molecular weight excluding hydrogens is 352 g/mol. The van der Waals surface area contributed by atoms with Crippen LogP contribution in [0.4, 0.5) is 4.79 Å². The quantitative estimate of drug-likeness (QED) is 0.699. The molecule has 3 aromatic rings. The van der Waals surface area contributed by atoms with Crippen molar-refractivity contribution in [2.75, 3.05) is 7.11 Å². The molecule has 3 aromatic carbocycles. The molecule has 1 aliphatic rings. The van der Waals surface area contributed by atoms with Crippen LogP contribution in [0.3, 0.4) is 0 Å². The zero-order valence-corrected chi connectivity index (χ0v) is 16.2. The molecular formula is C23H22N2O3. The van der Waals surface area contributed by atoms with Crippen LogP contribution in [0.15, 0.2) is 60.7 Å². The van der Waals surface area contributed by atoms with Gasteiger partial charge in [-0.3, -0.25) is 9.69 Å². The number of methoxy groups -OCH3 is 1. The highest BCUT2D eigenvalue weighted by molar-refractivity contribution is 6.07. The number of benzene rings is 3. The topological polar surface area (TPSA) is 58.6 Å². The Balaban J connectivity index is 1.69. The average molecular weight is 374 g/mol. The summed E-state index contributed by atoms with van der Waals surface area (Å²) in [5.41, 5.74) is 1.51. The molecule has 1 N–H and O–H groups in total. The summed E-state index contributed by atoms with van der Waals surface area (Å²) in [4.78, 5) is 27.2. The van der Waals surface area contributed by atoms with Gasteiger partial charge in [0.15, 0.2) is 0 Å². The van der Waals surface area contributed by atoms with Crippen LogP contribution in [-0.4, -0.2) is 23.9 Å². The molecule has 1 fully saturated rings. The first-order valence-corrected chi connectivity index (χ1v) is 9.19. The number of carbonyl (C=O) groups is 2. The zero-order valence-electron chi connectivity index (χ0n) is 16.2. The van der Waals surface area contributed by atoms with Gasteiger partial charge in [0.1, 0.15) is 11.3 Å². The molecule has 5 heteroatoms. The van der Waals surface area contributed by atoms with Crippen molar-refractivity contribution >= 4 is 22.7 Å². The van der Waals surface area contributed by atoms with E-state index < -0.39 is 11.6 Å². The molecule has 0 unspecified atom stereocenters. The molecule has 0 aliphatic carbocycles. The predicted octanol–water partition coefficient (Wildman–Crippen LogP) is 4.12. The monoisotopic (exact) mass is 374 g/mol. The van der Waals surface area contributed by atoms with Gasteiger partial charge in [0.2, 0.25) is 0 Å². The number of hydrogen-bond donors (Lipinski definition) is 1. The number of fused-ring (bicyclic) bond motifs is 1. The lowest BCUT2D eigenvalue weighted by Crippen LogP contribution is -2.40. The highest BCUT2D eigenvalue weighted by Gasteiger charge is 2.49. The second-order valence-corrected chi connectivity index (χ2v) is 7.32. The zero-order chi connectivity index (χ0) is 19.9. The van der Waals surface area contributed by atoms with E-state index in [1.54, 1.807) is 14.0 Å². The van der Waals surface area contributed by atoms with E-state index in [0.29, 0.717) is 5.75 Å². The number of urea groups is 1. The summed E-state index contributed by atoms with van der Waals surface area (Å²) in [6.45, 7) is 3.89. The highest BCUT2D eigenvalue weighted by Crippen LogP contribution is 2.33. The van der Waals surface area contributed by atoms with Gasteiger partial charge in [-0.05, 0) is 42.3 Å². The third-order valence-corrected chi connectivity index (χ3v) is 5.37. The Morgan fingerprint density at radius 2 is 1.75 bits per heavy atom. The molecule has 1 atom stereocenters. The van der Waals surface area contributed by atoms with Crippen molar-refractivity contribution in [3.8, 4) is 5.75 Å². The van der Waals surface area contributed by atoms with Crippen molar-refractivity contribution in [3.63, 3.8) is 0 Å². The molecule has 0 bridgehead atoms. The van der Waals surface area contributed by atoms with E-state index in [1.807, 2.05) is 67.6 Å². The number of imide groups is 1. The van der Waals surface area contributed by atoms with Crippen LogP contribution in [0.1, 0.15) is 23.6 Å². The first-order chi connectivity index (χ1) is 13.4. The van der Waals surface area contributed by atoms with Gasteiger partial charge in [0.05, 0.1) is 13.7 Å². The van der Waals surface area contributed by atoms with Crippen LogP contribution in [0, 0.1) is 6.92 Å². The molecule has 1 heterocycles. The van der Waals surface area contributed by atoms with Crippen LogP contribution in [-0.2, 0) is 16.9 Å². The van der Waals surface area contributed by atoms with Crippen LogP contribution < -0.4 is 10.1 Å². The van der Waals surface area contributed by atoms with Crippen molar-refractivity contribution in [1.29, 1.82) is 0 Å². The Hall–Kier alpha value is -3.34. The normalized spacial score (nSPS) is 19.2. The molecule has 0 radical (unpaired) electrons. The number of nitrogens with one attached hydrogen (secondary N) is 1. The van der Waals surface area contributed by atoms with Gasteiger partial charge in [0, 0.05) is 5.56 Å². The van der Waals surface area contributed by atoms with Crippen molar-refractivity contribution in [2.24, 2.45) is 0 Å². The maximum atomic E-state index is 13.3. The highest BCUT2D eigenvalue weighted by atomic mass is 16.5. The first-order valence-electron chi connectivity index (χ1n) is 9.19. The maximum Gasteiger partial charge on any atom is 0.325 e. The number of hydrogen-bond acceptors (Lipinski definition) is 3. The van der Waals surface area contributed by atoms with E-state index >= 15 is 0 Å². The summed E-state index contributed by atoms with van der Waals surface area (Å²) in [5.74, 6) is 0.391. The largest absolute Gasteiger partial charge is 0.496 e. The summed E-state index contributed by atoms with van der Waals surface area (Å²) in [5, 5.41) is 5.00. The van der Waals surface area contributed by atoms with Gasteiger partial charge < -0.3 is 10.1 Å². The minimum Gasteiger partial charge on any atom is -0.496 e. The SMILES string of the molecule is COc1ccc(C)cc1CN1C(=O)N[C@@](C)(c2ccc3ccccc3c2)C1=O. The number of amides is 3. The lowest BCUT2D eigenvalue weighted by atomic mass is 9.90. The number of nitrogens with zero attached hydrogens (tertiary/aromatic N) is 1. The molecule has 0 saturated carbocycles. The number of rotatable bonds is 4. The number of aryl methyl sites for hydroxylation is 1. The van der Waals surface area contributed by atoms with E-state index in [4.69, 9.17) is 4.74 Å². The molecule has 142 valence electrons. The van der Waals surface area contributed by atoms with E-state index in [0.717, 1.165) is 27.5 Å². The molecule has 4 rings (SSSR count). The van der Waals surface area contributed by atoms with Crippen LogP contribution in [0.5, 0.6) is 5.75 Å². The summed E-state index contributed by atoms with van der Waals surface area (Å²) in [6.07, 6.45) is 0. The van der Waals surface area contributed by atoms with Gasteiger partial charge >= 0.3 is 6.03 Å². The van der Waals surface area contributed by atoms with Gasteiger partial charge in [-0.2, -0.15) is 0 Å². The third-order valence-electron chi connectivity index (χ3n) is 5.37. The van der Waals surface area contributed by atoms with Crippen molar-refractivity contribution in [2.45, 2.75) is 25.9 Å². The summed E-state index contributed by atoms with van der Waals surface area (Å²) in [7, 11) is 1.58. The fraction of sp³-hybridized carbons (Fsp3) is 0.217. The van der Waals surface area contributed by atoms with Crippen LogP contribution >= 0.6 is 0 Å². The van der Waals surface area contributed by atoms with E-state index in [-0.39, 0.29) is 12.5 Å². The Labute approximate surface area is 163 Å². The van der Waals surface area contributed by atoms with E-state index in [9.17, 15) is 9.59 Å². The summed E-state index contributed by atoms with van der Waals surface area (Å²) < 4.78 is 5.40. The molecule has 5 nitrogen and oxygen atoms in total. The lowest BCUT2D eigenvalue weighted by molar-refractivity contribution is -0.131. The van der Waals surface area contributed by atoms with Crippen LogP contribution in [0.2, 0.25) is 0 Å². The Morgan fingerprint density at radius 1 is 1.00 bits per heavy atom. The van der Waals surface area contributed by atoms with E-state index in [1.165, 1.54) is 4.90 Å². The second-order valence-electron chi connectivity index (χ2n) is 7.32. The van der Waals surface area contributed by atoms with Gasteiger partial charge in [-0.1, -0.05) is 54.1 Å². The average Bonchev–Trinajstić information content (AvgIpc) is 2.92. The fourth-order valence-electron chi connectivity index (χ4n) is 3.74. The predicted molar refractivity (Wildman–Crippen MR) is 108 cm³/mol. The Morgan fingerprint density at radius 3 is 2.50 bits per heavy atom. The van der Waals surface area contributed by atoms with Gasteiger partial charge in [-0.25, -0.2) is 4.79 Å². The lowest BCUT2D eigenvalue weighted by Gasteiger charge is -2.23. The molecule has 0 spiro atoms. The number of ether oxygens (including phenoxy) is 1. The summed E-state index contributed by atoms with van der Waals surface area (Å²) >= 11 is 0. The smallest absolute Gasteiger partial charge is 0.325 e. The van der Waals surface area contributed by atoms with Crippen LogP contribution in [0.25, 0.3) is 10.8 Å². The Bertz CT molecular complexity index is 1090. The van der Waals surface area contributed by atoms with E-state index in [2.05, 4.69) is 5.32 Å². The molecule has 0 aromatic heterocycles. The van der Waals surface area contributed by atoms with Crippen molar-refractivity contribution in [3.05, 3.63) is 77.4 Å². The Kier molecular flexibility index (Phi) is 4.30. The second kappa shape index (κ2) is 6.68. The number of carbonyl (C=O) groups excluding carboxylic acids is 2. The molecule has 28 heavy (non-hydrogen) atoms. The third kappa shape index (κ3) is 2.89. The van der Waals surface area contributed by atoms with Crippen molar-refractivity contribution < 1.29 is 14.3 Å². The minimum absolute atomic E-state index is 0.165. The summed E-state index contributed by atoms with van der Waals surface area (Å²) in [6, 6.07) is 19.1.